The van der Waals surface area contributed by atoms with E-state index in [1.807, 2.05) is 26.0 Å². The average molecular weight is 267 g/mol. The molecular formula is C17H14FNO. The summed E-state index contributed by atoms with van der Waals surface area (Å²) in [7, 11) is 0. The maximum Gasteiger partial charge on any atom is 0.184 e. The van der Waals surface area contributed by atoms with E-state index in [9.17, 15) is 14.4 Å². The Hall–Kier alpha value is -2.47. The van der Waals surface area contributed by atoms with Gasteiger partial charge in [0.15, 0.2) is 5.78 Å². The van der Waals surface area contributed by atoms with E-state index in [1.54, 1.807) is 18.2 Å². The number of carbonyl (C=O) groups excluding carboxylic acids is 1. The van der Waals surface area contributed by atoms with Crippen molar-refractivity contribution in [3.8, 4) is 6.07 Å². The van der Waals surface area contributed by atoms with Gasteiger partial charge in [-0.15, -0.1) is 0 Å². The van der Waals surface area contributed by atoms with Gasteiger partial charge in [-0.2, -0.15) is 5.26 Å². The highest BCUT2D eigenvalue weighted by atomic mass is 19.1. The Bertz CT molecular complexity index is 680. The third-order valence-electron chi connectivity index (χ3n) is 3.11. The van der Waals surface area contributed by atoms with Crippen LogP contribution in [0, 0.1) is 31.0 Å². The van der Waals surface area contributed by atoms with Crippen LogP contribution in [0.2, 0.25) is 0 Å². The van der Waals surface area contributed by atoms with E-state index in [4.69, 9.17) is 0 Å². The van der Waals surface area contributed by atoms with Crippen molar-refractivity contribution in [2.24, 2.45) is 0 Å². The first-order valence-corrected chi connectivity index (χ1v) is 6.29. The maximum absolute atomic E-state index is 13.8. The summed E-state index contributed by atoms with van der Waals surface area (Å²) in [5.74, 6) is -2.02. The Kier molecular flexibility index (Phi) is 3.95. The minimum atomic E-state index is -1.11. The number of ketones is 1. The van der Waals surface area contributed by atoms with Crippen molar-refractivity contribution in [1.82, 2.24) is 0 Å². The van der Waals surface area contributed by atoms with Crippen molar-refractivity contribution in [2.45, 2.75) is 19.8 Å². The Morgan fingerprint density at radius 1 is 1.15 bits per heavy atom. The van der Waals surface area contributed by atoms with Gasteiger partial charge >= 0.3 is 0 Å². The van der Waals surface area contributed by atoms with E-state index in [0.29, 0.717) is 5.56 Å². The van der Waals surface area contributed by atoms with Crippen molar-refractivity contribution in [3.63, 3.8) is 0 Å². The molecule has 1 atom stereocenters. The fraction of sp³-hybridized carbons (Fsp3) is 0.176. The molecule has 0 spiro atoms. The lowest BCUT2D eigenvalue weighted by Crippen LogP contribution is -2.13. The molecule has 2 rings (SSSR count). The number of nitrogens with zero attached hydrogens (tertiary/aromatic N) is 1. The topological polar surface area (TPSA) is 40.9 Å². The molecule has 0 N–H and O–H groups in total. The molecule has 0 aromatic heterocycles. The number of benzene rings is 2. The SMILES string of the molecule is Cc1cc(C)cc(C(=O)C(C#N)c2ccccc2F)c1. The zero-order valence-corrected chi connectivity index (χ0v) is 11.4. The summed E-state index contributed by atoms with van der Waals surface area (Å²) in [5.41, 5.74) is 2.45. The molecule has 20 heavy (non-hydrogen) atoms. The minimum absolute atomic E-state index is 0.124. The van der Waals surface area contributed by atoms with Crippen LogP contribution in [0.4, 0.5) is 4.39 Å². The molecule has 2 aromatic carbocycles. The highest BCUT2D eigenvalue weighted by Gasteiger charge is 2.24. The molecule has 3 heteroatoms. The van der Waals surface area contributed by atoms with Gasteiger partial charge in [0, 0.05) is 11.1 Å². The number of rotatable bonds is 3. The summed E-state index contributed by atoms with van der Waals surface area (Å²) in [6.45, 7) is 3.77. The standard InChI is InChI=1S/C17H14FNO/c1-11-7-12(2)9-13(8-11)17(20)15(10-19)14-5-3-4-6-16(14)18/h3-9,15H,1-2H3. The van der Waals surface area contributed by atoms with Crippen LogP contribution in [-0.4, -0.2) is 5.78 Å². The van der Waals surface area contributed by atoms with Crippen LogP contribution < -0.4 is 0 Å². The van der Waals surface area contributed by atoms with Gasteiger partial charge in [-0.25, -0.2) is 4.39 Å². The molecule has 1 unspecified atom stereocenters. The number of carbonyl (C=O) groups is 1. The van der Waals surface area contributed by atoms with E-state index in [2.05, 4.69) is 0 Å². The third kappa shape index (κ3) is 2.75. The van der Waals surface area contributed by atoms with Gasteiger partial charge in [-0.05, 0) is 32.0 Å². The smallest absolute Gasteiger partial charge is 0.184 e. The summed E-state index contributed by atoms with van der Waals surface area (Å²) in [6, 6.07) is 13.2. The highest BCUT2D eigenvalue weighted by Crippen LogP contribution is 2.24. The van der Waals surface area contributed by atoms with Crippen LogP contribution >= 0.6 is 0 Å². The van der Waals surface area contributed by atoms with Crippen molar-refractivity contribution >= 4 is 5.78 Å². The predicted octanol–water partition coefficient (Wildman–Crippen LogP) is 3.93. The first kappa shape index (κ1) is 14.0. The summed E-state index contributed by atoms with van der Waals surface area (Å²) in [4.78, 5) is 12.4. The van der Waals surface area contributed by atoms with E-state index >= 15 is 0 Å². The van der Waals surface area contributed by atoms with Crippen LogP contribution in [0.1, 0.15) is 33.0 Å². The number of hydrogen-bond acceptors (Lipinski definition) is 2. The molecule has 0 fully saturated rings. The number of Topliss-reactive ketones (excluding diaryl/α,β-unsaturated/α-hetero) is 1. The van der Waals surface area contributed by atoms with Gasteiger partial charge in [-0.3, -0.25) is 4.79 Å². The lowest BCUT2D eigenvalue weighted by atomic mass is 9.90. The molecule has 0 bridgehead atoms. The van der Waals surface area contributed by atoms with E-state index in [1.165, 1.54) is 18.2 Å². The summed E-state index contributed by atoms with van der Waals surface area (Å²) in [6.07, 6.45) is 0. The van der Waals surface area contributed by atoms with Crippen LogP contribution in [0.5, 0.6) is 0 Å². The molecule has 0 radical (unpaired) electrons. The van der Waals surface area contributed by atoms with Gasteiger partial charge in [0.1, 0.15) is 11.7 Å². The minimum Gasteiger partial charge on any atom is -0.292 e. The molecule has 0 heterocycles. The number of nitriles is 1. The fourth-order valence-electron chi connectivity index (χ4n) is 2.26. The summed E-state index contributed by atoms with van der Waals surface area (Å²) < 4.78 is 13.8. The number of halogens is 1. The van der Waals surface area contributed by atoms with E-state index in [-0.39, 0.29) is 11.3 Å². The van der Waals surface area contributed by atoms with Crippen molar-refractivity contribution in [1.29, 1.82) is 5.26 Å². The molecule has 0 saturated carbocycles. The quantitative estimate of drug-likeness (QED) is 0.790. The Morgan fingerprint density at radius 3 is 2.30 bits per heavy atom. The van der Waals surface area contributed by atoms with Crippen LogP contribution in [0.15, 0.2) is 42.5 Å². The summed E-state index contributed by atoms with van der Waals surface area (Å²) in [5, 5.41) is 9.24. The van der Waals surface area contributed by atoms with Crippen molar-refractivity contribution < 1.29 is 9.18 Å². The second-order valence-electron chi connectivity index (χ2n) is 4.82. The maximum atomic E-state index is 13.8. The normalized spacial score (nSPS) is 11.7. The third-order valence-corrected chi connectivity index (χ3v) is 3.11. The molecule has 2 aromatic rings. The molecule has 0 aliphatic heterocycles. The second-order valence-corrected chi connectivity index (χ2v) is 4.82. The van der Waals surface area contributed by atoms with Crippen LogP contribution in [-0.2, 0) is 0 Å². The molecule has 0 aliphatic carbocycles. The Labute approximate surface area is 117 Å². The van der Waals surface area contributed by atoms with Crippen LogP contribution in [0.3, 0.4) is 0 Å². The van der Waals surface area contributed by atoms with E-state index in [0.717, 1.165) is 11.1 Å². The first-order valence-electron chi connectivity index (χ1n) is 6.29. The first-order chi connectivity index (χ1) is 9.52. The lowest BCUT2D eigenvalue weighted by Gasteiger charge is -2.11. The summed E-state index contributed by atoms with van der Waals surface area (Å²) >= 11 is 0. The van der Waals surface area contributed by atoms with Crippen molar-refractivity contribution in [3.05, 3.63) is 70.5 Å². The number of aryl methyl sites for hydroxylation is 2. The monoisotopic (exact) mass is 267 g/mol. The van der Waals surface area contributed by atoms with Gasteiger partial charge in [0.2, 0.25) is 0 Å². The largest absolute Gasteiger partial charge is 0.292 e. The predicted molar refractivity (Wildman–Crippen MR) is 75.0 cm³/mol. The van der Waals surface area contributed by atoms with Gasteiger partial charge < -0.3 is 0 Å². The lowest BCUT2D eigenvalue weighted by molar-refractivity contribution is 0.0977. The molecule has 100 valence electrons. The Morgan fingerprint density at radius 2 is 1.75 bits per heavy atom. The molecular weight excluding hydrogens is 253 g/mol. The molecule has 0 saturated heterocycles. The van der Waals surface area contributed by atoms with E-state index < -0.39 is 11.7 Å². The zero-order valence-electron chi connectivity index (χ0n) is 11.4. The number of hydrogen-bond donors (Lipinski definition) is 0. The van der Waals surface area contributed by atoms with Gasteiger partial charge in [0.05, 0.1) is 6.07 Å². The van der Waals surface area contributed by atoms with Crippen molar-refractivity contribution in [2.75, 3.05) is 0 Å². The van der Waals surface area contributed by atoms with Gasteiger partial charge in [0.25, 0.3) is 0 Å². The highest BCUT2D eigenvalue weighted by molar-refractivity contribution is 6.03. The fourth-order valence-corrected chi connectivity index (χ4v) is 2.26. The van der Waals surface area contributed by atoms with Gasteiger partial charge in [-0.1, -0.05) is 35.4 Å². The molecule has 2 nitrogen and oxygen atoms in total. The second kappa shape index (κ2) is 5.66. The molecule has 0 aliphatic rings. The zero-order chi connectivity index (χ0) is 14.7. The molecule has 0 amide bonds. The average Bonchev–Trinajstić information content (AvgIpc) is 2.40. The van der Waals surface area contributed by atoms with Crippen LogP contribution in [0.25, 0.3) is 0 Å². The Balaban J connectivity index is 2.45.